The topological polar surface area (TPSA) is 34.1 Å². The predicted octanol–water partition coefficient (Wildman–Crippen LogP) is 4.17. The molecule has 5 heteroatoms. The number of halogens is 1. The zero-order valence-electron chi connectivity index (χ0n) is 10.2. The molecule has 1 atom stereocenters. The van der Waals surface area contributed by atoms with E-state index >= 15 is 0 Å². The van der Waals surface area contributed by atoms with Crippen molar-refractivity contribution in [2.75, 3.05) is 5.75 Å². The second-order valence-corrected chi connectivity index (χ2v) is 6.97. The van der Waals surface area contributed by atoms with Gasteiger partial charge in [0.2, 0.25) is 0 Å². The minimum Gasteiger partial charge on any atom is -0.293 e. The minimum absolute atomic E-state index is 0.123. The van der Waals surface area contributed by atoms with Crippen LogP contribution in [0.15, 0.2) is 46.7 Å². The van der Waals surface area contributed by atoms with Crippen LogP contribution in [0.3, 0.4) is 0 Å². The third-order valence-corrected chi connectivity index (χ3v) is 5.17. The number of benzene rings is 1. The third-order valence-electron chi connectivity index (χ3n) is 2.59. The lowest BCUT2D eigenvalue weighted by Crippen LogP contribution is -2.02. The summed E-state index contributed by atoms with van der Waals surface area (Å²) >= 11 is 7.30. The molecule has 0 saturated heterocycles. The van der Waals surface area contributed by atoms with E-state index in [0.717, 1.165) is 9.77 Å². The first-order valence-electron chi connectivity index (χ1n) is 5.87. The van der Waals surface area contributed by atoms with E-state index in [-0.39, 0.29) is 5.78 Å². The summed E-state index contributed by atoms with van der Waals surface area (Å²) < 4.78 is 12.0. The molecule has 0 spiro atoms. The molecule has 2 nitrogen and oxygen atoms in total. The highest BCUT2D eigenvalue weighted by Gasteiger charge is 2.09. The number of carbonyl (C=O) groups excluding carboxylic acids is 1. The lowest BCUT2D eigenvalue weighted by Gasteiger charge is -2.02. The maximum atomic E-state index is 12.0. The van der Waals surface area contributed by atoms with Crippen LogP contribution in [-0.2, 0) is 10.8 Å². The van der Waals surface area contributed by atoms with E-state index < -0.39 is 10.8 Å². The summed E-state index contributed by atoms with van der Waals surface area (Å²) in [5.74, 6) is 0.607. The standard InChI is InChI=1S/C14H13ClO2S2/c15-11-4-1-5-12(10-11)19(17)9-3-6-13(16)14-7-2-8-18-14/h1-2,4-5,7-8,10H,3,6,9H2. The van der Waals surface area contributed by atoms with Crippen molar-refractivity contribution in [3.05, 3.63) is 51.7 Å². The van der Waals surface area contributed by atoms with Gasteiger partial charge in [-0.25, -0.2) is 0 Å². The second kappa shape index (κ2) is 6.98. The fraction of sp³-hybridized carbons (Fsp3) is 0.214. The number of thiophene rings is 1. The Kier molecular flexibility index (Phi) is 5.31. The van der Waals surface area contributed by atoms with Crippen molar-refractivity contribution in [1.29, 1.82) is 0 Å². The number of hydrogen-bond acceptors (Lipinski definition) is 3. The number of carbonyl (C=O) groups is 1. The Hall–Kier alpha value is -0.970. The Morgan fingerprint density at radius 1 is 1.26 bits per heavy atom. The number of ketones is 1. The fourth-order valence-electron chi connectivity index (χ4n) is 1.65. The van der Waals surface area contributed by atoms with E-state index in [1.165, 1.54) is 11.3 Å². The summed E-state index contributed by atoms with van der Waals surface area (Å²) in [6.45, 7) is 0. The van der Waals surface area contributed by atoms with E-state index in [0.29, 0.717) is 23.6 Å². The van der Waals surface area contributed by atoms with Crippen molar-refractivity contribution in [1.82, 2.24) is 0 Å². The van der Waals surface area contributed by atoms with Gasteiger partial charge in [-0.2, -0.15) is 0 Å². The van der Waals surface area contributed by atoms with Crippen LogP contribution in [0.1, 0.15) is 22.5 Å². The molecule has 100 valence electrons. The van der Waals surface area contributed by atoms with Gasteiger partial charge in [0.15, 0.2) is 5.78 Å². The summed E-state index contributed by atoms with van der Waals surface area (Å²) in [7, 11) is -1.09. The van der Waals surface area contributed by atoms with Crippen molar-refractivity contribution >= 4 is 39.5 Å². The maximum absolute atomic E-state index is 12.0. The van der Waals surface area contributed by atoms with Crippen LogP contribution in [-0.4, -0.2) is 15.7 Å². The van der Waals surface area contributed by atoms with E-state index in [1.54, 1.807) is 24.3 Å². The molecule has 1 aromatic heterocycles. The Labute approximate surface area is 123 Å². The van der Waals surface area contributed by atoms with Crippen LogP contribution < -0.4 is 0 Å². The Bertz CT molecular complexity index is 579. The van der Waals surface area contributed by atoms with Crippen LogP contribution in [0.2, 0.25) is 5.02 Å². The molecule has 0 saturated carbocycles. The van der Waals surface area contributed by atoms with Gasteiger partial charge in [-0.3, -0.25) is 9.00 Å². The quantitative estimate of drug-likeness (QED) is 0.750. The normalized spacial score (nSPS) is 12.3. The van der Waals surface area contributed by atoms with Crippen molar-refractivity contribution in [3.63, 3.8) is 0 Å². The van der Waals surface area contributed by atoms with Gasteiger partial charge >= 0.3 is 0 Å². The van der Waals surface area contributed by atoms with Crippen LogP contribution in [0.4, 0.5) is 0 Å². The summed E-state index contributed by atoms with van der Waals surface area (Å²) in [6.07, 6.45) is 1.06. The van der Waals surface area contributed by atoms with Gasteiger partial charge in [0, 0.05) is 22.1 Å². The number of Topliss-reactive ketones (excluding diaryl/α,β-unsaturated/α-hetero) is 1. The van der Waals surface area contributed by atoms with E-state index in [4.69, 9.17) is 11.6 Å². The van der Waals surface area contributed by atoms with E-state index in [1.807, 2.05) is 17.5 Å². The van der Waals surface area contributed by atoms with E-state index in [2.05, 4.69) is 0 Å². The molecular formula is C14H13ClO2S2. The van der Waals surface area contributed by atoms with Gasteiger partial charge in [0.1, 0.15) is 0 Å². The van der Waals surface area contributed by atoms with Crippen molar-refractivity contribution in [2.24, 2.45) is 0 Å². The lowest BCUT2D eigenvalue weighted by molar-refractivity contribution is 0.0986. The van der Waals surface area contributed by atoms with Crippen LogP contribution in [0, 0.1) is 0 Å². The van der Waals surface area contributed by atoms with Gasteiger partial charge in [-0.1, -0.05) is 23.7 Å². The van der Waals surface area contributed by atoms with Gasteiger partial charge in [-0.05, 0) is 36.1 Å². The molecule has 0 aliphatic rings. The highest BCUT2D eigenvalue weighted by molar-refractivity contribution is 7.85. The first kappa shape index (κ1) is 14.4. The Morgan fingerprint density at radius 2 is 2.11 bits per heavy atom. The summed E-state index contributed by atoms with van der Waals surface area (Å²) in [6, 6.07) is 10.7. The molecule has 19 heavy (non-hydrogen) atoms. The van der Waals surface area contributed by atoms with E-state index in [9.17, 15) is 9.00 Å². The number of rotatable bonds is 6. The molecule has 0 aliphatic heterocycles. The van der Waals surface area contributed by atoms with Gasteiger partial charge in [-0.15, -0.1) is 11.3 Å². The second-order valence-electron chi connectivity index (χ2n) is 4.01. The molecule has 2 aromatic rings. The van der Waals surface area contributed by atoms with Crippen molar-refractivity contribution in [2.45, 2.75) is 17.7 Å². The van der Waals surface area contributed by atoms with Crippen LogP contribution >= 0.6 is 22.9 Å². The SMILES string of the molecule is O=C(CCCS(=O)c1cccc(Cl)c1)c1cccs1. The first-order valence-corrected chi connectivity index (χ1v) is 8.45. The highest BCUT2D eigenvalue weighted by atomic mass is 35.5. The highest BCUT2D eigenvalue weighted by Crippen LogP contribution is 2.16. The zero-order valence-corrected chi connectivity index (χ0v) is 12.6. The molecule has 0 fully saturated rings. The molecule has 0 bridgehead atoms. The molecule has 1 aromatic carbocycles. The summed E-state index contributed by atoms with van der Waals surface area (Å²) in [4.78, 5) is 13.3. The fourth-order valence-corrected chi connectivity index (χ4v) is 3.73. The van der Waals surface area contributed by atoms with Gasteiger partial charge in [0.05, 0.1) is 15.7 Å². The van der Waals surface area contributed by atoms with Crippen molar-refractivity contribution < 1.29 is 9.00 Å². The Morgan fingerprint density at radius 3 is 2.79 bits per heavy atom. The van der Waals surface area contributed by atoms with Gasteiger partial charge < -0.3 is 0 Å². The monoisotopic (exact) mass is 312 g/mol. The largest absolute Gasteiger partial charge is 0.293 e. The van der Waals surface area contributed by atoms with Gasteiger partial charge in [0.25, 0.3) is 0 Å². The first-order chi connectivity index (χ1) is 9.16. The molecule has 0 radical (unpaired) electrons. The van der Waals surface area contributed by atoms with Crippen molar-refractivity contribution in [3.8, 4) is 0 Å². The molecule has 0 N–H and O–H groups in total. The molecule has 2 rings (SSSR count). The average Bonchev–Trinajstić information content (AvgIpc) is 2.92. The summed E-state index contributed by atoms with van der Waals surface area (Å²) in [5, 5.41) is 2.47. The smallest absolute Gasteiger partial charge is 0.172 e. The number of hydrogen-bond donors (Lipinski definition) is 0. The molecule has 0 amide bonds. The summed E-state index contributed by atoms with van der Waals surface area (Å²) in [5.41, 5.74) is 0. The third kappa shape index (κ3) is 4.27. The predicted molar refractivity (Wildman–Crippen MR) is 80.6 cm³/mol. The average molecular weight is 313 g/mol. The zero-order chi connectivity index (χ0) is 13.7. The lowest BCUT2D eigenvalue weighted by atomic mass is 10.2. The maximum Gasteiger partial charge on any atom is 0.172 e. The van der Waals surface area contributed by atoms with Crippen LogP contribution in [0.25, 0.3) is 0 Å². The molecular weight excluding hydrogens is 300 g/mol. The Balaban J connectivity index is 1.83. The van der Waals surface area contributed by atoms with Crippen LogP contribution in [0.5, 0.6) is 0 Å². The minimum atomic E-state index is -1.09. The molecule has 1 heterocycles. The molecule has 1 unspecified atom stereocenters. The molecule has 0 aliphatic carbocycles.